The molecule has 0 fully saturated rings. The number of rotatable bonds is 3. The first-order valence-electron chi connectivity index (χ1n) is 4.90. The van der Waals surface area contributed by atoms with Crippen LogP contribution in [0.2, 0.25) is 0 Å². The van der Waals surface area contributed by atoms with Crippen LogP contribution in [0.25, 0.3) is 0 Å². The van der Waals surface area contributed by atoms with Crippen molar-refractivity contribution in [3.05, 3.63) is 35.4 Å². The SMILES string of the molecule is CCc1ccc(CN(C)C(=O)C#N)cc1. The minimum atomic E-state index is -0.505. The summed E-state index contributed by atoms with van der Waals surface area (Å²) in [6.45, 7) is 2.58. The number of amides is 1. The zero-order valence-corrected chi connectivity index (χ0v) is 9.03. The van der Waals surface area contributed by atoms with Gasteiger partial charge in [-0.2, -0.15) is 5.26 Å². The van der Waals surface area contributed by atoms with Gasteiger partial charge in [-0.25, -0.2) is 0 Å². The minimum Gasteiger partial charge on any atom is -0.329 e. The second-order valence-corrected chi connectivity index (χ2v) is 3.44. The van der Waals surface area contributed by atoms with Crippen molar-refractivity contribution >= 4 is 5.91 Å². The molecule has 0 radical (unpaired) electrons. The fourth-order valence-electron chi connectivity index (χ4n) is 1.31. The van der Waals surface area contributed by atoms with Crippen molar-refractivity contribution < 1.29 is 4.79 Å². The van der Waals surface area contributed by atoms with Gasteiger partial charge in [-0.3, -0.25) is 4.79 Å². The smallest absolute Gasteiger partial charge is 0.325 e. The lowest BCUT2D eigenvalue weighted by atomic mass is 10.1. The third-order valence-corrected chi connectivity index (χ3v) is 2.29. The van der Waals surface area contributed by atoms with Gasteiger partial charge >= 0.3 is 5.91 Å². The van der Waals surface area contributed by atoms with Crippen LogP contribution in [0, 0.1) is 11.3 Å². The monoisotopic (exact) mass is 202 g/mol. The summed E-state index contributed by atoms with van der Waals surface area (Å²) in [6, 6.07) is 9.65. The lowest BCUT2D eigenvalue weighted by Crippen LogP contribution is -2.24. The first kappa shape index (κ1) is 11.3. The van der Waals surface area contributed by atoms with Crippen molar-refractivity contribution in [2.24, 2.45) is 0 Å². The number of hydrogen-bond donors (Lipinski definition) is 0. The van der Waals surface area contributed by atoms with E-state index in [1.165, 1.54) is 10.5 Å². The van der Waals surface area contributed by atoms with Crippen molar-refractivity contribution in [2.45, 2.75) is 19.9 Å². The standard InChI is InChI=1S/C12H14N2O/c1-3-10-4-6-11(7-5-10)9-14(2)12(15)8-13/h4-7H,3,9H2,1-2H3. The van der Waals surface area contributed by atoms with Crippen LogP contribution >= 0.6 is 0 Å². The highest BCUT2D eigenvalue weighted by molar-refractivity contribution is 5.90. The molecule has 1 aromatic carbocycles. The average Bonchev–Trinajstić information content (AvgIpc) is 2.29. The van der Waals surface area contributed by atoms with Crippen LogP contribution in [-0.2, 0) is 17.8 Å². The average molecular weight is 202 g/mol. The fourth-order valence-corrected chi connectivity index (χ4v) is 1.31. The van der Waals surface area contributed by atoms with Crippen molar-refractivity contribution in [3.63, 3.8) is 0 Å². The Morgan fingerprint density at radius 3 is 2.33 bits per heavy atom. The molecule has 0 saturated carbocycles. The van der Waals surface area contributed by atoms with Gasteiger partial charge in [0.25, 0.3) is 0 Å². The van der Waals surface area contributed by atoms with Gasteiger partial charge in [0.1, 0.15) is 0 Å². The van der Waals surface area contributed by atoms with Gasteiger partial charge in [0, 0.05) is 13.6 Å². The number of benzene rings is 1. The third kappa shape index (κ3) is 3.10. The summed E-state index contributed by atoms with van der Waals surface area (Å²) in [6.07, 6.45) is 1.01. The second-order valence-electron chi connectivity index (χ2n) is 3.44. The molecular weight excluding hydrogens is 188 g/mol. The Balaban J connectivity index is 2.66. The van der Waals surface area contributed by atoms with E-state index in [0.29, 0.717) is 6.54 Å². The Morgan fingerprint density at radius 1 is 1.33 bits per heavy atom. The Kier molecular flexibility index (Phi) is 3.87. The maximum absolute atomic E-state index is 11.0. The van der Waals surface area contributed by atoms with Gasteiger partial charge in [-0.05, 0) is 17.5 Å². The van der Waals surface area contributed by atoms with E-state index in [2.05, 4.69) is 6.92 Å². The molecule has 0 unspecified atom stereocenters. The van der Waals surface area contributed by atoms with Crippen LogP contribution in [0.5, 0.6) is 0 Å². The van der Waals surface area contributed by atoms with Gasteiger partial charge in [0.05, 0.1) is 0 Å². The van der Waals surface area contributed by atoms with Crippen LogP contribution in [0.4, 0.5) is 0 Å². The minimum absolute atomic E-state index is 0.483. The topological polar surface area (TPSA) is 44.1 Å². The van der Waals surface area contributed by atoms with E-state index in [1.54, 1.807) is 13.1 Å². The molecule has 0 heterocycles. The van der Waals surface area contributed by atoms with Crippen molar-refractivity contribution in [3.8, 4) is 6.07 Å². The number of carbonyl (C=O) groups excluding carboxylic acids is 1. The van der Waals surface area contributed by atoms with Gasteiger partial charge in [-0.15, -0.1) is 0 Å². The molecule has 0 aliphatic carbocycles. The van der Waals surface area contributed by atoms with Crippen LogP contribution < -0.4 is 0 Å². The number of aryl methyl sites for hydroxylation is 1. The number of nitrogens with zero attached hydrogens (tertiary/aromatic N) is 2. The summed E-state index contributed by atoms with van der Waals surface area (Å²) in [5.74, 6) is -0.505. The molecule has 0 atom stereocenters. The van der Waals surface area contributed by atoms with Crippen LogP contribution in [-0.4, -0.2) is 17.9 Å². The first-order valence-corrected chi connectivity index (χ1v) is 4.90. The summed E-state index contributed by atoms with van der Waals surface area (Å²) in [7, 11) is 1.62. The van der Waals surface area contributed by atoms with Gasteiger partial charge in [0.2, 0.25) is 0 Å². The van der Waals surface area contributed by atoms with E-state index in [1.807, 2.05) is 24.3 Å². The predicted octanol–water partition coefficient (Wildman–Crippen LogP) is 1.73. The summed E-state index contributed by atoms with van der Waals surface area (Å²) < 4.78 is 0. The van der Waals surface area contributed by atoms with Crippen molar-refractivity contribution in [1.29, 1.82) is 5.26 Å². The van der Waals surface area contributed by atoms with Crippen LogP contribution in [0.1, 0.15) is 18.1 Å². The molecule has 1 amide bonds. The normalized spacial score (nSPS) is 9.40. The summed E-state index contributed by atoms with van der Waals surface area (Å²) in [4.78, 5) is 12.4. The van der Waals surface area contributed by atoms with Gasteiger partial charge in [-0.1, -0.05) is 31.2 Å². The highest BCUT2D eigenvalue weighted by Gasteiger charge is 2.06. The van der Waals surface area contributed by atoms with E-state index in [-0.39, 0.29) is 0 Å². The Hall–Kier alpha value is -1.82. The highest BCUT2D eigenvalue weighted by atomic mass is 16.2. The number of hydrogen-bond acceptors (Lipinski definition) is 2. The molecule has 0 aliphatic heterocycles. The van der Waals surface area contributed by atoms with Crippen molar-refractivity contribution in [2.75, 3.05) is 7.05 Å². The molecule has 1 rings (SSSR count). The fraction of sp³-hybridized carbons (Fsp3) is 0.333. The highest BCUT2D eigenvalue weighted by Crippen LogP contribution is 2.07. The van der Waals surface area contributed by atoms with Crippen molar-refractivity contribution in [1.82, 2.24) is 4.90 Å². The molecule has 3 nitrogen and oxygen atoms in total. The quantitative estimate of drug-likeness (QED) is 0.701. The molecule has 0 aliphatic rings. The predicted molar refractivity (Wildman–Crippen MR) is 57.9 cm³/mol. The summed E-state index contributed by atoms with van der Waals surface area (Å²) in [5.41, 5.74) is 2.31. The maximum Gasteiger partial charge on any atom is 0.325 e. The molecular formula is C12H14N2O. The van der Waals surface area contributed by atoms with E-state index in [0.717, 1.165) is 12.0 Å². The molecule has 0 spiro atoms. The van der Waals surface area contributed by atoms with Crippen LogP contribution in [0.3, 0.4) is 0 Å². The van der Waals surface area contributed by atoms with Gasteiger partial charge in [0.15, 0.2) is 6.07 Å². The lowest BCUT2D eigenvalue weighted by Gasteiger charge is -2.13. The molecule has 0 N–H and O–H groups in total. The van der Waals surface area contributed by atoms with Crippen LogP contribution in [0.15, 0.2) is 24.3 Å². The van der Waals surface area contributed by atoms with E-state index in [9.17, 15) is 4.79 Å². The second kappa shape index (κ2) is 5.16. The molecule has 78 valence electrons. The zero-order valence-electron chi connectivity index (χ0n) is 9.03. The lowest BCUT2D eigenvalue weighted by molar-refractivity contribution is -0.124. The zero-order chi connectivity index (χ0) is 11.3. The Labute approximate surface area is 89.9 Å². The maximum atomic E-state index is 11.0. The third-order valence-electron chi connectivity index (χ3n) is 2.29. The number of carbonyl (C=O) groups is 1. The summed E-state index contributed by atoms with van der Waals surface area (Å²) in [5, 5.41) is 8.42. The molecule has 0 bridgehead atoms. The van der Waals surface area contributed by atoms with E-state index >= 15 is 0 Å². The molecule has 0 saturated heterocycles. The van der Waals surface area contributed by atoms with E-state index < -0.39 is 5.91 Å². The number of nitriles is 1. The molecule has 15 heavy (non-hydrogen) atoms. The summed E-state index contributed by atoms with van der Waals surface area (Å²) >= 11 is 0. The molecule has 3 heteroatoms. The largest absolute Gasteiger partial charge is 0.329 e. The Morgan fingerprint density at radius 2 is 1.87 bits per heavy atom. The Bertz CT molecular complexity index is 376. The molecule has 0 aromatic heterocycles. The first-order chi connectivity index (χ1) is 7.17. The molecule has 1 aromatic rings. The van der Waals surface area contributed by atoms with E-state index in [4.69, 9.17) is 5.26 Å². The van der Waals surface area contributed by atoms with Gasteiger partial charge < -0.3 is 4.90 Å².